The van der Waals surface area contributed by atoms with Crippen LogP contribution in [0.25, 0.3) is 4.96 Å². The minimum atomic E-state index is -0.191. The first kappa shape index (κ1) is 18.0. The molecule has 0 aliphatic carbocycles. The monoisotopic (exact) mass is 390 g/mol. The molecule has 3 heterocycles. The third-order valence-electron chi connectivity index (χ3n) is 4.70. The summed E-state index contributed by atoms with van der Waals surface area (Å²) in [5, 5.41) is 15.2. The van der Waals surface area contributed by atoms with Crippen molar-refractivity contribution < 1.29 is 19.3 Å². The molecule has 0 unspecified atom stereocenters. The van der Waals surface area contributed by atoms with Crippen LogP contribution in [0, 0.1) is 6.92 Å². The van der Waals surface area contributed by atoms with Crippen molar-refractivity contribution in [3.05, 3.63) is 34.5 Å². The fourth-order valence-electron chi connectivity index (χ4n) is 3.41. The minimum Gasteiger partial charge on any atom is -0.497 e. The van der Waals surface area contributed by atoms with Crippen LogP contribution in [-0.2, 0) is 4.74 Å². The fourth-order valence-corrected chi connectivity index (χ4v) is 4.56. The van der Waals surface area contributed by atoms with Crippen LogP contribution in [0.4, 0.5) is 0 Å². The molecule has 4 rings (SSSR count). The first-order valence-electron chi connectivity index (χ1n) is 8.71. The highest BCUT2D eigenvalue weighted by atomic mass is 32.1. The summed E-state index contributed by atoms with van der Waals surface area (Å²) < 4.78 is 18.0. The molecule has 9 heteroatoms. The van der Waals surface area contributed by atoms with Gasteiger partial charge in [0.05, 0.1) is 38.4 Å². The minimum absolute atomic E-state index is 0.116. The lowest BCUT2D eigenvalue weighted by atomic mass is 10.0. The number of methoxy groups -OCH3 is 2. The van der Waals surface area contributed by atoms with Crippen LogP contribution in [0.2, 0.25) is 0 Å². The molecule has 0 bridgehead atoms. The molecule has 0 spiro atoms. The van der Waals surface area contributed by atoms with Crippen molar-refractivity contribution in [1.29, 1.82) is 0 Å². The molecule has 1 fully saturated rings. The zero-order valence-corrected chi connectivity index (χ0v) is 16.3. The summed E-state index contributed by atoms with van der Waals surface area (Å²) in [6.07, 6.45) is 0. The summed E-state index contributed by atoms with van der Waals surface area (Å²) in [7, 11) is 3.27. The molecule has 8 nitrogen and oxygen atoms in total. The molecule has 1 aliphatic heterocycles. The van der Waals surface area contributed by atoms with Crippen LogP contribution in [-0.4, -0.2) is 65.1 Å². The van der Waals surface area contributed by atoms with E-state index >= 15 is 0 Å². The first-order chi connectivity index (χ1) is 13.1. The Morgan fingerprint density at radius 1 is 1.22 bits per heavy atom. The van der Waals surface area contributed by atoms with Crippen molar-refractivity contribution >= 4 is 16.3 Å². The van der Waals surface area contributed by atoms with Crippen molar-refractivity contribution in [1.82, 2.24) is 19.5 Å². The van der Waals surface area contributed by atoms with E-state index in [1.54, 1.807) is 14.2 Å². The highest BCUT2D eigenvalue weighted by Crippen LogP contribution is 2.43. The van der Waals surface area contributed by atoms with Crippen LogP contribution in [0.5, 0.6) is 17.4 Å². The SMILES string of the molecule is COc1ccc([C@H](c2sc3nc(C)nn3c2O)N2CCOCC2)c(OC)c1. The van der Waals surface area contributed by atoms with E-state index in [1.807, 2.05) is 25.1 Å². The predicted molar refractivity (Wildman–Crippen MR) is 101 cm³/mol. The number of rotatable bonds is 5. The molecule has 27 heavy (non-hydrogen) atoms. The van der Waals surface area contributed by atoms with Crippen molar-refractivity contribution in [2.75, 3.05) is 40.5 Å². The number of thiazole rings is 1. The maximum atomic E-state index is 10.9. The van der Waals surface area contributed by atoms with Crippen LogP contribution in [0.3, 0.4) is 0 Å². The van der Waals surface area contributed by atoms with Crippen LogP contribution >= 0.6 is 11.3 Å². The van der Waals surface area contributed by atoms with Gasteiger partial charge in [0.1, 0.15) is 17.3 Å². The first-order valence-corrected chi connectivity index (χ1v) is 9.52. The number of ether oxygens (including phenoxy) is 3. The van der Waals surface area contributed by atoms with E-state index < -0.39 is 0 Å². The Kier molecular flexibility index (Phi) is 4.90. The lowest BCUT2D eigenvalue weighted by Gasteiger charge is -2.34. The van der Waals surface area contributed by atoms with Crippen molar-refractivity contribution in [2.24, 2.45) is 0 Å². The highest BCUT2D eigenvalue weighted by Gasteiger charge is 2.32. The van der Waals surface area contributed by atoms with Gasteiger partial charge >= 0.3 is 0 Å². The topological polar surface area (TPSA) is 81.4 Å². The standard InChI is InChI=1S/C18H22N4O4S/c1-11-19-18-22(20-11)17(23)16(27-18)15(21-6-8-26-9-7-21)13-5-4-12(24-2)10-14(13)25-3/h4-5,10,15,23H,6-9H2,1-3H3/t15-/m1/s1. The number of aromatic hydroxyl groups is 1. The molecule has 144 valence electrons. The molecule has 0 amide bonds. The van der Waals surface area contributed by atoms with Gasteiger partial charge in [-0.1, -0.05) is 11.3 Å². The van der Waals surface area contributed by atoms with Gasteiger partial charge in [0.15, 0.2) is 0 Å². The van der Waals surface area contributed by atoms with Crippen LogP contribution < -0.4 is 9.47 Å². The molecule has 1 atom stereocenters. The van der Waals surface area contributed by atoms with Gasteiger partial charge in [0.25, 0.3) is 0 Å². The smallest absolute Gasteiger partial charge is 0.230 e. The van der Waals surface area contributed by atoms with Crippen molar-refractivity contribution in [3.63, 3.8) is 0 Å². The van der Waals surface area contributed by atoms with Gasteiger partial charge in [-0.15, -0.1) is 5.10 Å². The third kappa shape index (κ3) is 3.22. The second-order valence-electron chi connectivity index (χ2n) is 6.30. The van der Waals surface area contributed by atoms with E-state index in [0.717, 1.165) is 29.3 Å². The fraction of sp³-hybridized carbons (Fsp3) is 0.444. The number of hydrogen-bond donors (Lipinski definition) is 1. The molecule has 0 radical (unpaired) electrons. The van der Waals surface area contributed by atoms with Gasteiger partial charge in [-0.3, -0.25) is 4.90 Å². The van der Waals surface area contributed by atoms with E-state index in [1.165, 1.54) is 15.9 Å². The summed E-state index contributed by atoms with van der Waals surface area (Å²) in [6, 6.07) is 5.56. The quantitative estimate of drug-likeness (QED) is 0.715. The van der Waals surface area contributed by atoms with Gasteiger partial charge in [0, 0.05) is 24.7 Å². The number of aryl methyl sites for hydroxylation is 1. The number of fused-ring (bicyclic) bond motifs is 1. The predicted octanol–water partition coefficient (Wildman–Crippen LogP) is 2.24. The Balaban J connectivity index is 1.86. The molecular formula is C18H22N4O4S. The van der Waals surface area contributed by atoms with Gasteiger partial charge in [0.2, 0.25) is 10.8 Å². The van der Waals surface area contributed by atoms with Crippen LogP contribution in [0.1, 0.15) is 22.3 Å². The number of nitrogens with zero attached hydrogens (tertiary/aromatic N) is 4. The maximum Gasteiger partial charge on any atom is 0.230 e. The number of aromatic nitrogens is 3. The molecule has 1 N–H and O–H groups in total. The summed E-state index contributed by atoms with van der Waals surface area (Å²) in [5.41, 5.74) is 0.955. The second-order valence-corrected chi connectivity index (χ2v) is 7.31. The highest BCUT2D eigenvalue weighted by molar-refractivity contribution is 7.17. The van der Waals surface area contributed by atoms with Gasteiger partial charge in [-0.2, -0.15) is 4.52 Å². The Hall–Kier alpha value is -2.36. The van der Waals surface area contributed by atoms with Gasteiger partial charge in [-0.05, 0) is 19.1 Å². The number of morpholine rings is 1. The third-order valence-corrected chi connectivity index (χ3v) is 5.77. The molecule has 1 saturated heterocycles. The maximum absolute atomic E-state index is 10.9. The summed E-state index contributed by atoms with van der Waals surface area (Å²) in [5.74, 6) is 2.18. The molecule has 0 saturated carbocycles. The Morgan fingerprint density at radius 2 is 2.00 bits per heavy atom. The molecule has 3 aromatic rings. The van der Waals surface area contributed by atoms with E-state index in [-0.39, 0.29) is 11.9 Å². The Labute approximate surface area is 160 Å². The zero-order chi connectivity index (χ0) is 19.0. The second kappa shape index (κ2) is 7.34. The average Bonchev–Trinajstić information content (AvgIpc) is 3.20. The number of hydrogen-bond acceptors (Lipinski definition) is 8. The zero-order valence-electron chi connectivity index (χ0n) is 15.5. The normalized spacial score (nSPS) is 16.6. The lowest BCUT2D eigenvalue weighted by Crippen LogP contribution is -2.39. The summed E-state index contributed by atoms with van der Waals surface area (Å²) in [4.78, 5) is 8.14. The van der Waals surface area contributed by atoms with E-state index in [9.17, 15) is 5.11 Å². The van der Waals surface area contributed by atoms with Gasteiger partial charge in [-0.25, -0.2) is 4.98 Å². The largest absolute Gasteiger partial charge is 0.497 e. The molecule has 2 aromatic heterocycles. The summed E-state index contributed by atoms with van der Waals surface area (Å²) >= 11 is 1.44. The van der Waals surface area contributed by atoms with E-state index in [4.69, 9.17) is 14.2 Å². The Bertz CT molecular complexity index is 948. The molecule has 1 aromatic carbocycles. The lowest BCUT2D eigenvalue weighted by molar-refractivity contribution is 0.0237. The number of benzene rings is 1. The van der Waals surface area contributed by atoms with E-state index in [2.05, 4.69) is 15.0 Å². The molecule has 1 aliphatic rings. The van der Waals surface area contributed by atoms with Crippen LogP contribution in [0.15, 0.2) is 18.2 Å². The van der Waals surface area contributed by atoms with Crippen molar-refractivity contribution in [3.8, 4) is 17.4 Å². The van der Waals surface area contributed by atoms with E-state index in [0.29, 0.717) is 29.7 Å². The molecular weight excluding hydrogens is 368 g/mol. The average molecular weight is 390 g/mol. The van der Waals surface area contributed by atoms with Gasteiger partial charge < -0.3 is 19.3 Å². The Morgan fingerprint density at radius 3 is 2.67 bits per heavy atom. The van der Waals surface area contributed by atoms with Crippen molar-refractivity contribution in [2.45, 2.75) is 13.0 Å². The summed E-state index contributed by atoms with van der Waals surface area (Å²) in [6.45, 7) is 4.62.